The Balaban J connectivity index is 2.39. The first-order valence-electron chi connectivity index (χ1n) is 10.9. The highest BCUT2D eigenvalue weighted by Crippen LogP contribution is 2.35. The van der Waals surface area contributed by atoms with Gasteiger partial charge in [-0.1, -0.05) is 79.8 Å². The highest BCUT2D eigenvalue weighted by Gasteiger charge is 2.32. The molecule has 1 unspecified atom stereocenters. The molecule has 178 valence electrons. The lowest BCUT2D eigenvalue weighted by Crippen LogP contribution is -2.37. The third kappa shape index (κ3) is 7.18. The first-order chi connectivity index (χ1) is 15.2. The molecule has 0 saturated heterocycles. The lowest BCUT2D eigenvalue weighted by Gasteiger charge is -2.33. The molecule has 0 radical (unpaired) electrons. The van der Waals surface area contributed by atoms with E-state index in [1.54, 1.807) is 0 Å². The van der Waals surface area contributed by atoms with Crippen molar-refractivity contribution in [3.8, 4) is 5.75 Å². The lowest BCUT2D eigenvalue weighted by molar-refractivity contribution is 0.217. The minimum absolute atomic E-state index is 0.0899. The van der Waals surface area contributed by atoms with Gasteiger partial charge in [0.1, 0.15) is 12.4 Å². The van der Waals surface area contributed by atoms with E-state index < -0.39 is 18.5 Å². The predicted octanol–water partition coefficient (Wildman–Crippen LogP) is 5.98. The third-order valence-corrected chi connectivity index (χ3v) is 12.7. The first kappa shape index (κ1) is 27.1. The van der Waals surface area contributed by atoms with Gasteiger partial charge in [-0.2, -0.15) is 12.7 Å². The number of nitrogens with zero attached hydrogens (tertiary/aromatic N) is 1. The van der Waals surface area contributed by atoms with Crippen molar-refractivity contribution in [2.45, 2.75) is 51.6 Å². The molecule has 0 spiro atoms. The van der Waals surface area contributed by atoms with Gasteiger partial charge in [-0.25, -0.2) is 0 Å². The van der Waals surface area contributed by atoms with Crippen molar-refractivity contribution in [3.05, 3.63) is 59.7 Å². The molecule has 0 fully saturated rings. The summed E-state index contributed by atoms with van der Waals surface area (Å²) in [5, 5.41) is 0. The minimum Gasteiger partial charge on any atom is -0.487 e. The van der Waals surface area contributed by atoms with Crippen LogP contribution in [0.3, 0.4) is 0 Å². The number of hydrogen-bond acceptors (Lipinski definition) is 4. The maximum absolute atomic E-state index is 12.6. The molecule has 9 heteroatoms. The molecular formula is C23H35IN2O4SSi. The first-order valence-corrected chi connectivity index (χ1v) is 16.4. The Bertz CT molecular complexity index is 945. The van der Waals surface area contributed by atoms with Crippen molar-refractivity contribution < 1.29 is 17.6 Å². The summed E-state index contributed by atoms with van der Waals surface area (Å²) in [6.45, 7) is 6.97. The van der Waals surface area contributed by atoms with Gasteiger partial charge in [0.2, 0.25) is 0 Å². The monoisotopic (exact) mass is 590 g/mol. The Morgan fingerprint density at radius 2 is 1.66 bits per heavy atom. The highest BCUT2D eigenvalue weighted by atomic mass is 127. The Labute approximate surface area is 208 Å². The summed E-state index contributed by atoms with van der Waals surface area (Å²) in [4.78, 5) is 0. The number of benzene rings is 2. The topological polar surface area (TPSA) is 67.9 Å². The van der Waals surface area contributed by atoms with E-state index in [4.69, 9.17) is 9.16 Å². The molecule has 0 aliphatic heterocycles. The molecule has 32 heavy (non-hydrogen) atoms. The molecule has 0 aliphatic carbocycles. The highest BCUT2D eigenvalue weighted by molar-refractivity contribution is 14.1. The summed E-state index contributed by atoms with van der Waals surface area (Å²) in [5.41, 5.74) is 2.38. The number of anilines is 1. The van der Waals surface area contributed by atoms with E-state index in [1.807, 2.05) is 48.5 Å². The molecule has 0 saturated carbocycles. The number of alkyl halides is 1. The predicted molar refractivity (Wildman–Crippen MR) is 143 cm³/mol. The van der Waals surface area contributed by atoms with Crippen molar-refractivity contribution in [1.29, 1.82) is 0 Å². The van der Waals surface area contributed by atoms with E-state index in [1.165, 1.54) is 14.1 Å². The Morgan fingerprint density at radius 3 is 2.19 bits per heavy atom. The van der Waals surface area contributed by atoms with E-state index in [0.717, 1.165) is 38.0 Å². The fraction of sp³-hybridized carbons (Fsp3) is 0.478. The molecular weight excluding hydrogens is 555 g/mol. The van der Waals surface area contributed by atoms with Crippen molar-refractivity contribution in [2.24, 2.45) is 0 Å². The van der Waals surface area contributed by atoms with Crippen molar-refractivity contribution in [3.63, 3.8) is 0 Å². The number of rotatable bonds is 13. The van der Waals surface area contributed by atoms with Crippen LogP contribution in [0.25, 0.3) is 0 Å². The van der Waals surface area contributed by atoms with E-state index in [0.29, 0.717) is 18.0 Å². The molecule has 6 nitrogen and oxygen atoms in total. The molecule has 0 aliphatic rings. The zero-order valence-corrected chi connectivity index (χ0v) is 23.6. The van der Waals surface area contributed by atoms with Crippen LogP contribution in [0.15, 0.2) is 48.5 Å². The summed E-state index contributed by atoms with van der Waals surface area (Å²) < 4.78 is 42.5. The van der Waals surface area contributed by atoms with Gasteiger partial charge in [-0.05, 0) is 41.4 Å². The van der Waals surface area contributed by atoms with E-state index in [9.17, 15) is 8.42 Å². The maximum atomic E-state index is 12.6. The minimum atomic E-state index is -3.69. The number of ether oxygens (including phenoxy) is 1. The van der Waals surface area contributed by atoms with Crippen LogP contribution in [0.2, 0.25) is 18.1 Å². The zero-order chi connectivity index (χ0) is 23.8. The lowest BCUT2D eigenvalue weighted by atomic mass is 10.1. The average molecular weight is 591 g/mol. The van der Waals surface area contributed by atoms with Crippen LogP contribution in [0.1, 0.15) is 38.0 Å². The molecule has 1 N–H and O–H groups in total. The summed E-state index contributed by atoms with van der Waals surface area (Å²) in [5.74, 6) is 0.486. The average Bonchev–Trinajstić information content (AvgIpc) is 2.80. The van der Waals surface area contributed by atoms with Crippen LogP contribution < -0.4 is 9.46 Å². The Kier molecular flexibility index (Phi) is 10.5. The van der Waals surface area contributed by atoms with Crippen LogP contribution in [-0.2, 0) is 21.2 Å². The van der Waals surface area contributed by atoms with Crippen molar-refractivity contribution in [1.82, 2.24) is 4.31 Å². The van der Waals surface area contributed by atoms with Crippen molar-refractivity contribution >= 4 is 46.8 Å². The second-order valence-corrected chi connectivity index (χ2v) is 15.4. The van der Waals surface area contributed by atoms with Crippen LogP contribution in [0, 0.1) is 0 Å². The van der Waals surface area contributed by atoms with Gasteiger partial charge < -0.3 is 9.16 Å². The molecule has 0 aromatic heterocycles. The second-order valence-electron chi connectivity index (χ2n) is 7.92. The fourth-order valence-corrected chi connectivity index (χ4v) is 7.88. The fourth-order valence-electron chi connectivity index (χ4n) is 3.41. The van der Waals surface area contributed by atoms with Gasteiger partial charge >= 0.3 is 10.2 Å². The van der Waals surface area contributed by atoms with Gasteiger partial charge in [0.05, 0.1) is 11.8 Å². The standard InChI is InChI=1S/C23H35IN2O4SSi/c1-6-32(7-2,8-3)30-23(17-24)20-14-15-22(29-18-19-12-10-9-11-13-19)21(16-20)25-31(27,28)26(4)5/h9-16,23,25H,6-8,17-18H2,1-5H3. The van der Waals surface area contributed by atoms with Gasteiger partial charge in [-0.15, -0.1) is 0 Å². The summed E-state index contributed by atoms with van der Waals surface area (Å²) in [7, 11) is -2.51. The quantitative estimate of drug-likeness (QED) is 0.177. The van der Waals surface area contributed by atoms with Crippen molar-refractivity contribution in [2.75, 3.05) is 23.2 Å². The molecule has 2 rings (SSSR count). The van der Waals surface area contributed by atoms with Gasteiger partial charge in [0.25, 0.3) is 0 Å². The smallest absolute Gasteiger partial charge is 0.301 e. The largest absolute Gasteiger partial charge is 0.487 e. The number of nitrogens with one attached hydrogen (secondary N) is 1. The summed E-state index contributed by atoms with van der Waals surface area (Å²) >= 11 is 2.34. The summed E-state index contributed by atoms with van der Waals surface area (Å²) in [6.07, 6.45) is -0.0899. The second kappa shape index (κ2) is 12.4. The van der Waals surface area contributed by atoms with Crippen LogP contribution in [0.5, 0.6) is 5.75 Å². The molecule has 0 bridgehead atoms. The van der Waals surface area contributed by atoms with Crippen LogP contribution in [-0.4, -0.2) is 39.6 Å². The molecule has 0 heterocycles. The normalized spacial score (nSPS) is 13.2. The van der Waals surface area contributed by atoms with Crippen LogP contribution >= 0.6 is 22.6 Å². The Hall–Kier alpha value is -1.14. The molecule has 1 atom stereocenters. The van der Waals surface area contributed by atoms with E-state index >= 15 is 0 Å². The summed E-state index contributed by atoms with van der Waals surface area (Å²) in [6, 6.07) is 18.7. The van der Waals surface area contributed by atoms with E-state index in [2.05, 4.69) is 48.1 Å². The number of halogens is 1. The number of hydrogen-bond donors (Lipinski definition) is 1. The SMILES string of the molecule is CC[Si](CC)(CC)OC(CI)c1ccc(OCc2ccccc2)c(NS(=O)(=O)N(C)C)c1. The maximum Gasteiger partial charge on any atom is 0.301 e. The zero-order valence-electron chi connectivity index (χ0n) is 19.6. The molecule has 2 aromatic rings. The van der Waals surface area contributed by atoms with E-state index in [-0.39, 0.29) is 6.10 Å². The van der Waals surface area contributed by atoms with Gasteiger partial charge in [-0.3, -0.25) is 4.72 Å². The van der Waals surface area contributed by atoms with Gasteiger partial charge in [0, 0.05) is 18.5 Å². The van der Waals surface area contributed by atoms with Gasteiger partial charge in [0.15, 0.2) is 8.32 Å². The molecule has 2 aromatic carbocycles. The Morgan fingerprint density at radius 1 is 1.03 bits per heavy atom. The third-order valence-electron chi connectivity index (χ3n) is 5.80. The molecule has 0 amide bonds. The van der Waals surface area contributed by atoms with Crippen LogP contribution in [0.4, 0.5) is 5.69 Å².